The lowest BCUT2D eigenvalue weighted by atomic mass is 10.2. The van der Waals surface area contributed by atoms with E-state index in [1.54, 1.807) is 12.1 Å². The van der Waals surface area contributed by atoms with Crippen molar-refractivity contribution in [3.63, 3.8) is 0 Å². The average Bonchev–Trinajstić information content (AvgIpc) is 2.80. The number of methoxy groups -OCH3 is 2. The van der Waals surface area contributed by atoms with Crippen LogP contribution in [0.15, 0.2) is 17.0 Å². The SMILES string of the molecule is COC(=O)COc1c(Cl)cc(/C=C2\SC(=O)N(C)C2=O)cc1OC. The third-order valence-electron chi connectivity index (χ3n) is 3.10. The van der Waals surface area contributed by atoms with Crippen LogP contribution in [-0.2, 0) is 14.3 Å². The van der Waals surface area contributed by atoms with Crippen LogP contribution >= 0.6 is 23.4 Å². The lowest BCUT2D eigenvalue weighted by molar-refractivity contribution is -0.142. The van der Waals surface area contributed by atoms with Gasteiger partial charge in [-0.05, 0) is 35.5 Å². The van der Waals surface area contributed by atoms with E-state index in [0.717, 1.165) is 16.7 Å². The third-order valence-corrected chi connectivity index (χ3v) is 4.34. The number of nitrogens with zero attached hydrogens (tertiary/aromatic N) is 1. The molecule has 0 unspecified atom stereocenters. The molecular formula is C15H14ClNO6S. The molecule has 0 aliphatic carbocycles. The highest BCUT2D eigenvalue weighted by Gasteiger charge is 2.31. The zero-order valence-corrected chi connectivity index (χ0v) is 14.7. The minimum Gasteiger partial charge on any atom is -0.493 e. The number of hydrogen-bond acceptors (Lipinski definition) is 7. The zero-order valence-electron chi connectivity index (χ0n) is 13.1. The van der Waals surface area contributed by atoms with Gasteiger partial charge in [-0.3, -0.25) is 14.5 Å². The second-order valence-electron chi connectivity index (χ2n) is 4.64. The number of carbonyl (C=O) groups excluding carboxylic acids is 3. The van der Waals surface area contributed by atoms with Crippen LogP contribution in [0.5, 0.6) is 11.5 Å². The van der Waals surface area contributed by atoms with Gasteiger partial charge in [0, 0.05) is 7.05 Å². The Bertz CT molecular complexity index is 733. The summed E-state index contributed by atoms with van der Waals surface area (Å²) in [6, 6.07) is 3.13. The zero-order chi connectivity index (χ0) is 17.9. The average molecular weight is 372 g/mol. The van der Waals surface area contributed by atoms with Crippen molar-refractivity contribution in [2.24, 2.45) is 0 Å². The minimum atomic E-state index is -0.561. The molecule has 0 N–H and O–H groups in total. The Morgan fingerprint density at radius 2 is 2.04 bits per heavy atom. The topological polar surface area (TPSA) is 82.1 Å². The summed E-state index contributed by atoms with van der Waals surface area (Å²) in [5.74, 6) is -0.474. The van der Waals surface area contributed by atoms with Crippen LogP contribution in [0.3, 0.4) is 0 Å². The maximum absolute atomic E-state index is 11.9. The molecule has 0 radical (unpaired) electrons. The van der Waals surface area contributed by atoms with Crippen molar-refractivity contribution < 1.29 is 28.6 Å². The number of carbonyl (C=O) groups is 3. The Morgan fingerprint density at radius 1 is 1.33 bits per heavy atom. The predicted molar refractivity (Wildman–Crippen MR) is 89.2 cm³/mol. The summed E-state index contributed by atoms with van der Waals surface area (Å²) in [5.41, 5.74) is 0.557. The molecule has 9 heteroatoms. The molecule has 0 aromatic heterocycles. The Balaban J connectivity index is 2.31. The molecule has 1 aliphatic rings. The predicted octanol–water partition coefficient (Wildman–Crippen LogP) is 2.57. The lowest BCUT2D eigenvalue weighted by Crippen LogP contribution is -2.22. The van der Waals surface area contributed by atoms with Gasteiger partial charge in [-0.1, -0.05) is 11.6 Å². The number of hydrogen-bond donors (Lipinski definition) is 0. The monoisotopic (exact) mass is 371 g/mol. The largest absolute Gasteiger partial charge is 0.493 e. The van der Waals surface area contributed by atoms with Crippen molar-refractivity contribution in [2.45, 2.75) is 0 Å². The van der Waals surface area contributed by atoms with Crippen LogP contribution in [0.25, 0.3) is 6.08 Å². The molecule has 1 fully saturated rings. The van der Waals surface area contributed by atoms with Gasteiger partial charge >= 0.3 is 5.97 Å². The van der Waals surface area contributed by atoms with Gasteiger partial charge in [-0.25, -0.2) is 4.79 Å². The second kappa shape index (κ2) is 7.59. The van der Waals surface area contributed by atoms with E-state index >= 15 is 0 Å². The lowest BCUT2D eigenvalue weighted by Gasteiger charge is -2.12. The van der Waals surface area contributed by atoms with E-state index in [9.17, 15) is 14.4 Å². The molecule has 2 amide bonds. The van der Waals surface area contributed by atoms with E-state index < -0.39 is 5.97 Å². The molecule has 128 valence electrons. The van der Waals surface area contributed by atoms with Crippen LogP contribution in [0.2, 0.25) is 5.02 Å². The number of imide groups is 1. The molecule has 1 saturated heterocycles. The normalized spacial score (nSPS) is 15.8. The number of likely N-dealkylation sites (N-methyl/N-ethyl adjacent to an activating group) is 1. The van der Waals surface area contributed by atoms with Crippen molar-refractivity contribution in [1.29, 1.82) is 0 Å². The van der Waals surface area contributed by atoms with Gasteiger partial charge in [0.2, 0.25) is 0 Å². The van der Waals surface area contributed by atoms with E-state index in [1.165, 1.54) is 27.3 Å². The molecule has 1 aliphatic heterocycles. The standard InChI is InChI=1S/C15H14ClNO6S/c1-17-14(19)11(24-15(17)20)6-8-4-9(16)13(10(5-8)21-2)23-7-12(18)22-3/h4-6H,7H2,1-3H3/b11-6-. The van der Waals surface area contributed by atoms with E-state index in [1.807, 2.05) is 0 Å². The minimum absolute atomic E-state index is 0.185. The molecule has 24 heavy (non-hydrogen) atoms. The van der Waals surface area contributed by atoms with Gasteiger partial charge in [0.25, 0.3) is 11.1 Å². The number of rotatable bonds is 5. The van der Waals surface area contributed by atoms with Crippen LogP contribution in [0.4, 0.5) is 4.79 Å². The van der Waals surface area contributed by atoms with Gasteiger partial charge in [-0.15, -0.1) is 0 Å². The van der Waals surface area contributed by atoms with E-state index in [4.69, 9.17) is 21.1 Å². The smallest absolute Gasteiger partial charge is 0.343 e. The summed E-state index contributed by atoms with van der Waals surface area (Å²) < 4.78 is 15.0. The van der Waals surface area contributed by atoms with E-state index in [-0.39, 0.29) is 39.2 Å². The Kier molecular flexibility index (Phi) is 5.74. The molecule has 0 spiro atoms. The molecule has 7 nitrogen and oxygen atoms in total. The summed E-state index contributed by atoms with van der Waals surface area (Å²) in [5, 5.41) is -0.150. The Morgan fingerprint density at radius 3 is 2.58 bits per heavy atom. The number of esters is 1. The van der Waals surface area contributed by atoms with Gasteiger partial charge in [0.05, 0.1) is 24.1 Å². The number of amides is 2. The number of thioether (sulfide) groups is 1. The van der Waals surface area contributed by atoms with Gasteiger partial charge < -0.3 is 14.2 Å². The van der Waals surface area contributed by atoms with Gasteiger partial charge in [0.15, 0.2) is 18.1 Å². The number of benzene rings is 1. The van der Waals surface area contributed by atoms with Gasteiger partial charge in [-0.2, -0.15) is 0 Å². The third kappa shape index (κ3) is 3.82. The second-order valence-corrected chi connectivity index (χ2v) is 6.04. The number of ether oxygens (including phenoxy) is 3. The summed E-state index contributed by atoms with van der Waals surface area (Å²) >= 11 is 7.00. The first kappa shape index (κ1) is 18.2. The van der Waals surface area contributed by atoms with Crippen LogP contribution in [0.1, 0.15) is 5.56 Å². The molecule has 1 heterocycles. The van der Waals surface area contributed by atoms with Crippen LogP contribution in [0, 0.1) is 0 Å². The number of halogens is 1. The molecule has 0 atom stereocenters. The fraction of sp³-hybridized carbons (Fsp3) is 0.267. The maximum atomic E-state index is 11.9. The quantitative estimate of drug-likeness (QED) is 0.581. The van der Waals surface area contributed by atoms with Crippen molar-refractivity contribution in [1.82, 2.24) is 4.90 Å². The highest BCUT2D eigenvalue weighted by Crippen LogP contribution is 2.38. The first-order valence-corrected chi connectivity index (χ1v) is 7.85. The van der Waals surface area contributed by atoms with Crippen LogP contribution in [-0.4, -0.2) is 49.9 Å². The van der Waals surface area contributed by atoms with Crippen LogP contribution < -0.4 is 9.47 Å². The summed E-state index contributed by atoms with van der Waals surface area (Å²) in [6.07, 6.45) is 1.53. The Labute approximate surface area is 147 Å². The summed E-state index contributed by atoms with van der Waals surface area (Å²) in [6.45, 7) is -0.319. The van der Waals surface area contributed by atoms with Crippen molar-refractivity contribution in [3.05, 3.63) is 27.6 Å². The first-order valence-electron chi connectivity index (χ1n) is 6.66. The van der Waals surface area contributed by atoms with Crippen molar-refractivity contribution in [2.75, 3.05) is 27.9 Å². The van der Waals surface area contributed by atoms with E-state index in [0.29, 0.717) is 5.56 Å². The van der Waals surface area contributed by atoms with E-state index in [2.05, 4.69) is 4.74 Å². The van der Waals surface area contributed by atoms with Crippen molar-refractivity contribution in [3.8, 4) is 11.5 Å². The fourth-order valence-electron chi connectivity index (χ4n) is 1.85. The highest BCUT2D eigenvalue weighted by atomic mass is 35.5. The van der Waals surface area contributed by atoms with Crippen molar-refractivity contribution >= 4 is 46.6 Å². The molecule has 0 bridgehead atoms. The fourth-order valence-corrected chi connectivity index (χ4v) is 2.95. The Hall–Kier alpha value is -2.19. The first-order chi connectivity index (χ1) is 11.4. The summed E-state index contributed by atoms with van der Waals surface area (Å²) in [7, 11) is 4.07. The molecule has 1 aromatic carbocycles. The molecule has 2 rings (SSSR count). The highest BCUT2D eigenvalue weighted by molar-refractivity contribution is 8.18. The summed E-state index contributed by atoms with van der Waals surface area (Å²) in [4.78, 5) is 35.9. The molecule has 1 aromatic rings. The molecule has 0 saturated carbocycles. The maximum Gasteiger partial charge on any atom is 0.343 e. The molecular weight excluding hydrogens is 358 g/mol. The van der Waals surface area contributed by atoms with Gasteiger partial charge in [0.1, 0.15) is 0 Å².